The maximum absolute atomic E-state index is 11.7. The zero-order chi connectivity index (χ0) is 15.9. The Bertz CT molecular complexity index is 892. The van der Waals surface area contributed by atoms with Crippen LogP contribution in [-0.4, -0.2) is 26.9 Å². The summed E-state index contributed by atoms with van der Waals surface area (Å²) in [6, 6.07) is 0. The van der Waals surface area contributed by atoms with E-state index in [9.17, 15) is 4.79 Å². The van der Waals surface area contributed by atoms with Crippen molar-refractivity contribution in [2.75, 3.05) is 12.8 Å². The highest BCUT2D eigenvalue weighted by molar-refractivity contribution is 5.88. The van der Waals surface area contributed by atoms with Crippen LogP contribution in [0.15, 0.2) is 13.6 Å². The molecule has 3 aromatic heterocycles. The van der Waals surface area contributed by atoms with Gasteiger partial charge in [-0.15, -0.1) is 5.10 Å². The Morgan fingerprint density at radius 2 is 2.05 bits per heavy atom. The third kappa shape index (κ3) is 2.35. The van der Waals surface area contributed by atoms with Gasteiger partial charge in [-0.2, -0.15) is 9.67 Å². The third-order valence-electron chi connectivity index (χ3n) is 3.31. The predicted octanol–water partition coefficient (Wildman–Crippen LogP) is 0.766. The number of nitrogen functional groups attached to an aromatic ring is 1. The van der Waals surface area contributed by atoms with Crippen molar-refractivity contribution in [3.8, 4) is 0 Å². The minimum Gasteiger partial charge on any atom is -0.443 e. The zero-order valence-electron chi connectivity index (χ0n) is 12.4. The molecule has 3 rings (SSSR count). The summed E-state index contributed by atoms with van der Waals surface area (Å²) in [5.74, 6) is 0.933. The minimum atomic E-state index is -0.610. The number of nitrogens with zero attached hydrogens (tertiary/aromatic N) is 4. The first-order valence-electron chi connectivity index (χ1n) is 6.57. The number of rotatable bonds is 4. The number of hydrogen-bond donors (Lipinski definition) is 1. The van der Waals surface area contributed by atoms with E-state index >= 15 is 0 Å². The molecular formula is C13H15N5O4. The number of ether oxygens (including phenoxy) is 1. The highest BCUT2D eigenvalue weighted by Gasteiger charge is 2.16. The summed E-state index contributed by atoms with van der Waals surface area (Å²) in [6.45, 7) is 3.86. The number of aromatic nitrogens is 4. The number of nitrogens with two attached hydrogens (primary N) is 1. The monoisotopic (exact) mass is 305 g/mol. The molecule has 2 N–H and O–H groups in total. The summed E-state index contributed by atoms with van der Waals surface area (Å²) in [6.07, 6.45) is 0. The van der Waals surface area contributed by atoms with Crippen molar-refractivity contribution < 1.29 is 13.6 Å². The Kier molecular flexibility index (Phi) is 3.41. The number of anilines is 1. The van der Waals surface area contributed by atoms with E-state index in [2.05, 4.69) is 15.1 Å². The van der Waals surface area contributed by atoms with Gasteiger partial charge in [0.1, 0.15) is 24.7 Å². The van der Waals surface area contributed by atoms with E-state index in [0.29, 0.717) is 22.7 Å². The van der Waals surface area contributed by atoms with Gasteiger partial charge < -0.3 is 19.3 Å². The molecule has 0 unspecified atom stereocenters. The molecule has 3 heterocycles. The highest BCUT2D eigenvalue weighted by Crippen LogP contribution is 2.27. The molecule has 116 valence electrons. The molecule has 0 saturated heterocycles. The molecule has 0 aliphatic heterocycles. The van der Waals surface area contributed by atoms with Crippen molar-refractivity contribution >= 4 is 16.9 Å². The molecule has 0 atom stereocenters. The molecule has 0 radical (unpaired) electrons. The average Bonchev–Trinajstić information content (AvgIpc) is 2.92. The molecule has 0 saturated carbocycles. The van der Waals surface area contributed by atoms with Crippen molar-refractivity contribution in [3.05, 3.63) is 33.6 Å². The lowest BCUT2D eigenvalue weighted by molar-refractivity contribution is 0.158. The van der Waals surface area contributed by atoms with Crippen LogP contribution >= 0.6 is 0 Å². The number of fused-ring (bicyclic) bond motifs is 1. The first kappa shape index (κ1) is 14.3. The standard InChI is InChI=1S/C13H15N5O4/c1-6-7(2)21-12-10(6)11(14)15-8(16-12)4-18-13(19)22-9(17-18)5-20-3/h4-5H2,1-3H3,(H2,14,15,16). The molecule has 3 aromatic rings. The molecule has 0 spiro atoms. The largest absolute Gasteiger partial charge is 0.443 e. The summed E-state index contributed by atoms with van der Waals surface area (Å²) < 4.78 is 16.5. The van der Waals surface area contributed by atoms with Crippen LogP contribution in [0.2, 0.25) is 0 Å². The number of furan rings is 1. The predicted molar refractivity (Wildman–Crippen MR) is 76.3 cm³/mol. The van der Waals surface area contributed by atoms with Crippen molar-refractivity contribution in [3.63, 3.8) is 0 Å². The summed E-state index contributed by atoms with van der Waals surface area (Å²) in [4.78, 5) is 20.2. The van der Waals surface area contributed by atoms with Crippen molar-refractivity contribution in [2.45, 2.75) is 27.0 Å². The van der Waals surface area contributed by atoms with E-state index in [4.69, 9.17) is 19.3 Å². The van der Waals surface area contributed by atoms with E-state index in [0.717, 1.165) is 16.0 Å². The van der Waals surface area contributed by atoms with Crippen LogP contribution in [0.5, 0.6) is 0 Å². The first-order chi connectivity index (χ1) is 10.5. The Balaban J connectivity index is 1.99. The van der Waals surface area contributed by atoms with E-state index in [-0.39, 0.29) is 19.0 Å². The van der Waals surface area contributed by atoms with Crippen molar-refractivity contribution in [1.29, 1.82) is 0 Å². The summed E-state index contributed by atoms with van der Waals surface area (Å²) in [5, 5.41) is 4.68. The highest BCUT2D eigenvalue weighted by atomic mass is 16.5. The van der Waals surface area contributed by atoms with Crippen molar-refractivity contribution in [2.24, 2.45) is 0 Å². The quantitative estimate of drug-likeness (QED) is 0.749. The summed E-state index contributed by atoms with van der Waals surface area (Å²) in [7, 11) is 1.48. The van der Waals surface area contributed by atoms with Gasteiger partial charge in [-0.1, -0.05) is 0 Å². The average molecular weight is 305 g/mol. The SMILES string of the molecule is COCc1nn(Cc2nc(N)c3c(C)c(C)oc3n2)c(=O)o1. The molecule has 0 aliphatic rings. The fourth-order valence-corrected chi connectivity index (χ4v) is 2.16. The van der Waals surface area contributed by atoms with Crippen LogP contribution in [-0.2, 0) is 17.9 Å². The summed E-state index contributed by atoms with van der Waals surface area (Å²) >= 11 is 0. The molecular weight excluding hydrogens is 290 g/mol. The van der Waals surface area contributed by atoms with Crippen LogP contribution in [0.1, 0.15) is 23.0 Å². The number of methoxy groups -OCH3 is 1. The molecule has 9 nitrogen and oxygen atoms in total. The lowest BCUT2D eigenvalue weighted by Gasteiger charge is -2.01. The van der Waals surface area contributed by atoms with Gasteiger partial charge in [0.25, 0.3) is 0 Å². The fourth-order valence-electron chi connectivity index (χ4n) is 2.16. The second-order valence-electron chi connectivity index (χ2n) is 4.84. The van der Waals surface area contributed by atoms with E-state index in [1.54, 1.807) is 0 Å². The molecule has 0 amide bonds. The molecule has 0 bridgehead atoms. The van der Waals surface area contributed by atoms with Crippen LogP contribution in [0.4, 0.5) is 5.82 Å². The smallest absolute Gasteiger partial charge is 0.437 e. The fraction of sp³-hybridized carbons (Fsp3) is 0.385. The van der Waals surface area contributed by atoms with Crippen LogP contribution in [0.25, 0.3) is 11.1 Å². The molecule has 0 aliphatic carbocycles. The summed E-state index contributed by atoms with van der Waals surface area (Å²) in [5.41, 5.74) is 7.25. The third-order valence-corrected chi connectivity index (χ3v) is 3.31. The number of hydrogen-bond acceptors (Lipinski definition) is 8. The second kappa shape index (κ2) is 5.26. The first-order valence-corrected chi connectivity index (χ1v) is 6.57. The number of aryl methyl sites for hydroxylation is 2. The molecule has 0 aromatic carbocycles. The van der Waals surface area contributed by atoms with Crippen LogP contribution < -0.4 is 11.5 Å². The van der Waals surface area contributed by atoms with Gasteiger partial charge in [0.2, 0.25) is 11.6 Å². The normalized spacial score (nSPS) is 11.4. The maximum Gasteiger partial charge on any atom is 0.437 e. The van der Waals surface area contributed by atoms with Gasteiger partial charge >= 0.3 is 5.76 Å². The van der Waals surface area contributed by atoms with Gasteiger partial charge in [-0.25, -0.2) is 9.78 Å². The van der Waals surface area contributed by atoms with E-state index in [1.165, 1.54) is 7.11 Å². The van der Waals surface area contributed by atoms with E-state index < -0.39 is 5.76 Å². The topological polar surface area (TPSA) is 122 Å². The Morgan fingerprint density at radius 3 is 2.77 bits per heavy atom. The molecule has 22 heavy (non-hydrogen) atoms. The van der Waals surface area contributed by atoms with Gasteiger partial charge in [-0.05, 0) is 13.8 Å². The van der Waals surface area contributed by atoms with Crippen molar-refractivity contribution in [1.82, 2.24) is 19.7 Å². The van der Waals surface area contributed by atoms with Crippen LogP contribution in [0, 0.1) is 13.8 Å². The Labute approximate surface area is 124 Å². The lowest BCUT2D eigenvalue weighted by Crippen LogP contribution is -2.18. The maximum atomic E-state index is 11.7. The lowest BCUT2D eigenvalue weighted by atomic mass is 10.2. The van der Waals surface area contributed by atoms with Crippen LogP contribution in [0.3, 0.4) is 0 Å². The van der Waals surface area contributed by atoms with E-state index in [1.807, 2.05) is 13.8 Å². The second-order valence-corrected chi connectivity index (χ2v) is 4.84. The molecule has 0 fully saturated rings. The zero-order valence-corrected chi connectivity index (χ0v) is 12.4. The van der Waals surface area contributed by atoms with Gasteiger partial charge in [0, 0.05) is 12.7 Å². The van der Waals surface area contributed by atoms with Gasteiger partial charge in [-0.3, -0.25) is 0 Å². The van der Waals surface area contributed by atoms with Gasteiger partial charge in [0.05, 0.1) is 5.39 Å². The minimum absolute atomic E-state index is 0.0327. The molecule has 9 heteroatoms. The Hall–Kier alpha value is -2.68. The Morgan fingerprint density at radius 1 is 1.27 bits per heavy atom. The van der Waals surface area contributed by atoms with Gasteiger partial charge in [0.15, 0.2) is 5.82 Å².